The van der Waals surface area contributed by atoms with Crippen molar-refractivity contribution in [1.29, 1.82) is 0 Å². The molecule has 0 aliphatic heterocycles. The average molecular weight is 290 g/mol. The highest BCUT2D eigenvalue weighted by molar-refractivity contribution is 5.53. The molecular formula is C17H20F2N2. The highest BCUT2D eigenvalue weighted by atomic mass is 19.2. The minimum absolute atomic E-state index is 0.210. The van der Waals surface area contributed by atoms with Gasteiger partial charge in [0.1, 0.15) is 0 Å². The van der Waals surface area contributed by atoms with Gasteiger partial charge in [-0.25, -0.2) is 8.78 Å². The van der Waals surface area contributed by atoms with Crippen LogP contribution < -0.4 is 10.6 Å². The van der Waals surface area contributed by atoms with Crippen LogP contribution >= 0.6 is 0 Å². The van der Waals surface area contributed by atoms with Gasteiger partial charge < -0.3 is 10.6 Å². The lowest BCUT2D eigenvalue weighted by Gasteiger charge is -2.28. The van der Waals surface area contributed by atoms with Crippen LogP contribution in [-0.2, 0) is 0 Å². The summed E-state index contributed by atoms with van der Waals surface area (Å²) in [6.07, 6.45) is 0. The van der Waals surface area contributed by atoms with Crippen molar-refractivity contribution >= 4 is 5.69 Å². The lowest BCUT2D eigenvalue weighted by atomic mass is 10.1. The fourth-order valence-electron chi connectivity index (χ4n) is 2.46. The molecule has 2 nitrogen and oxygen atoms in total. The Morgan fingerprint density at radius 1 is 1.10 bits per heavy atom. The molecule has 21 heavy (non-hydrogen) atoms. The molecule has 4 heteroatoms. The lowest BCUT2D eigenvalue weighted by Crippen LogP contribution is -2.33. The van der Waals surface area contributed by atoms with E-state index in [1.807, 2.05) is 38.1 Å². The first-order chi connectivity index (χ1) is 10.0. The van der Waals surface area contributed by atoms with Gasteiger partial charge in [-0.05, 0) is 31.5 Å². The van der Waals surface area contributed by atoms with E-state index in [4.69, 9.17) is 5.73 Å². The predicted molar refractivity (Wildman–Crippen MR) is 82.4 cm³/mol. The molecule has 0 aliphatic rings. The summed E-state index contributed by atoms with van der Waals surface area (Å²) >= 11 is 0. The van der Waals surface area contributed by atoms with Crippen LogP contribution in [0.15, 0.2) is 42.5 Å². The van der Waals surface area contributed by atoms with Gasteiger partial charge in [-0.15, -0.1) is 0 Å². The first kappa shape index (κ1) is 15.4. The zero-order chi connectivity index (χ0) is 15.4. The Morgan fingerprint density at radius 3 is 2.48 bits per heavy atom. The molecule has 1 atom stereocenters. The van der Waals surface area contributed by atoms with Gasteiger partial charge in [-0.3, -0.25) is 0 Å². The Kier molecular flexibility index (Phi) is 4.91. The van der Waals surface area contributed by atoms with Gasteiger partial charge in [0.25, 0.3) is 0 Å². The number of nitrogens with zero attached hydrogens (tertiary/aromatic N) is 1. The van der Waals surface area contributed by atoms with E-state index in [-0.39, 0.29) is 5.56 Å². The van der Waals surface area contributed by atoms with Gasteiger partial charge in [0.05, 0.1) is 6.04 Å². The average Bonchev–Trinajstić information content (AvgIpc) is 2.48. The summed E-state index contributed by atoms with van der Waals surface area (Å²) in [7, 11) is 0. The number of halogens is 2. The van der Waals surface area contributed by atoms with E-state index in [1.54, 1.807) is 0 Å². The lowest BCUT2D eigenvalue weighted by molar-refractivity contribution is 0.487. The molecule has 0 fully saturated rings. The van der Waals surface area contributed by atoms with Crippen LogP contribution in [-0.4, -0.2) is 13.1 Å². The Balaban J connectivity index is 2.23. The van der Waals surface area contributed by atoms with Crippen LogP contribution in [0.1, 0.15) is 24.1 Å². The van der Waals surface area contributed by atoms with Crippen molar-refractivity contribution in [2.45, 2.75) is 19.9 Å². The molecule has 0 saturated heterocycles. The third kappa shape index (κ3) is 3.39. The second kappa shape index (κ2) is 6.68. The topological polar surface area (TPSA) is 29.3 Å². The van der Waals surface area contributed by atoms with Crippen molar-refractivity contribution in [1.82, 2.24) is 0 Å². The quantitative estimate of drug-likeness (QED) is 0.907. The van der Waals surface area contributed by atoms with Crippen LogP contribution in [0, 0.1) is 18.6 Å². The molecule has 0 aliphatic carbocycles. The molecule has 0 bridgehead atoms. The highest BCUT2D eigenvalue weighted by Crippen LogP contribution is 2.23. The van der Waals surface area contributed by atoms with Gasteiger partial charge in [-0.1, -0.05) is 30.3 Å². The Hall–Kier alpha value is -1.94. The Labute approximate surface area is 124 Å². The number of hydrogen-bond acceptors (Lipinski definition) is 2. The van der Waals surface area contributed by atoms with Gasteiger partial charge in [-0.2, -0.15) is 0 Å². The minimum Gasteiger partial charge on any atom is -0.370 e. The number of benzene rings is 2. The van der Waals surface area contributed by atoms with Crippen molar-refractivity contribution in [2.24, 2.45) is 5.73 Å². The van der Waals surface area contributed by atoms with Crippen LogP contribution in [0.3, 0.4) is 0 Å². The zero-order valence-corrected chi connectivity index (χ0v) is 12.3. The second-order valence-corrected chi connectivity index (χ2v) is 5.07. The van der Waals surface area contributed by atoms with Crippen LogP contribution in [0.4, 0.5) is 14.5 Å². The Bertz CT molecular complexity index is 613. The number of aryl methyl sites for hydroxylation is 1. The molecule has 2 aromatic carbocycles. The predicted octanol–water partition coefficient (Wildman–Crippen LogP) is 3.80. The summed E-state index contributed by atoms with van der Waals surface area (Å²) in [5.74, 6) is -1.72. The SMILES string of the molecule is CCN(CC(N)c1cccc(F)c1F)c1ccccc1C. The normalized spacial score (nSPS) is 12.2. The van der Waals surface area contributed by atoms with E-state index in [0.717, 1.165) is 23.9 Å². The van der Waals surface area contributed by atoms with Crippen LogP contribution in [0.2, 0.25) is 0 Å². The number of para-hydroxylation sites is 1. The number of nitrogens with two attached hydrogens (primary N) is 1. The molecule has 0 amide bonds. The maximum Gasteiger partial charge on any atom is 0.163 e. The molecule has 0 radical (unpaired) electrons. The van der Waals surface area contributed by atoms with Gasteiger partial charge in [0, 0.05) is 24.3 Å². The monoisotopic (exact) mass is 290 g/mol. The van der Waals surface area contributed by atoms with Gasteiger partial charge >= 0.3 is 0 Å². The minimum atomic E-state index is -0.859. The molecule has 0 saturated carbocycles. The maximum absolute atomic E-state index is 13.8. The van der Waals surface area contributed by atoms with E-state index in [0.29, 0.717) is 6.54 Å². The molecule has 112 valence electrons. The summed E-state index contributed by atoms with van der Waals surface area (Å²) in [5.41, 5.74) is 8.48. The van der Waals surface area contributed by atoms with Crippen molar-refractivity contribution in [3.8, 4) is 0 Å². The van der Waals surface area contributed by atoms with Crippen LogP contribution in [0.5, 0.6) is 0 Å². The molecular weight excluding hydrogens is 270 g/mol. The summed E-state index contributed by atoms with van der Waals surface area (Å²) < 4.78 is 27.1. The Morgan fingerprint density at radius 2 is 1.81 bits per heavy atom. The second-order valence-electron chi connectivity index (χ2n) is 5.07. The highest BCUT2D eigenvalue weighted by Gasteiger charge is 2.18. The van der Waals surface area contributed by atoms with E-state index in [1.165, 1.54) is 12.1 Å². The molecule has 0 aromatic heterocycles. The van der Waals surface area contributed by atoms with Gasteiger partial charge in [0.2, 0.25) is 0 Å². The summed E-state index contributed by atoms with van der Waals surface area (Å²) in [6, 6.07) is 11.5. The van der Waals surface area contributed by atoms with E-state index >= 15 is 0 Å². The van der Waals surface area contributed by atoms with E-state index in [2.05, 4.69) is 4.90 Å². The van der Waals surface area contributed by atoms with E-state index < -0.39 is 17.7 Å². The number of anilines is 1. The number of hydrogen-bond donors (Lipinski definition) is 1. The third-order valence-electron chi connectivity index (χ3n) is 3.64. The fourth-order valence-corrected chi connectivity index (χ4v) is 2.46. The molecule has 2 rings (SSSR count). The van der Waals surface area contributed by atoms with Crippen molar-refractivity contribution < 1.29 is 8.78 Å². The van der Waals surface area contributed by atoms with Crippen molar-refractivity contribution in [2.75, 3.05) is 18.0 Å². The summed E-state index contributed by atoms with van der Waals surface area (Å²) in [5, 5.41) is 0. The van der Waals surface area contributed by atoms with Crippen molar-refractivity contribution in [3.05, 3.63) is 65.2 Å². The largest absolute Gasteiger partial charge is 0.370 e. The summed E-state index contributed by atoms with van der Waals surface area (Å²) in [6.45, 7) is 5.21. The number of likely N-dealkylation sites (N-methyl/N-ethyl adjacent to an activating group) is 1. The van der Waals surface area contributed by atoms with Gasteiger partial charge in [0.15, 0.2) is 11.6 Å². The number of rotatable bonds is 5. The standard InChI is InChI=1S/C17H20F2N2/c1-3-21(16-10-5-4-7-12(16)2)11-15(20)13-8-6-9-14(18)17(13)19/h4-10,15H,3,11,20H2,1-2H3. The smallest absolute Gasteiger partial charge is 0.163 e. The van der Waals surface area contributed by atoms with Crippen molar-refractivity contribution in [3.63, 3.8) is 0 Å². The first-order valence-electron chi connectivity index (χ1n) is 7.04. The molecule has 2 N–H and O–H groups in total. The fraction of sp³-hybridized carbons (Fsp3) is 0.294. The molecule has 0 heterocycles. The molecule has 0 spiro atoms. The van der Waals surface area contributed by atoms with Crippen LogP contribution in [0.25, 0.3) is 0 Å². The molecule has 2 aromatic rings. The maximum atomic E-state index is 13.8. The third-order valence-corrected chi connectivity index (χ3v) is 3.64. The van der Waals surface area contributed by atoms with E-state index in [9.17, 15) is 8.78 Å². The molecule has 1 unspecified atom stereocenters. The zero-order valence-electron chi connectivity index (χ0n) is 12.3. The first-order valence-corrected chi connectivity index (χ1v) is 7.04. The summed E-state index contributed by atoms with van der Waals surface area (Å²) in [4.78, 5) is 2.07.